The molecule has 2 fully saturated rings. The lowest BCUT2D eigenvalue weighted by Crippen LogP contribution is -2.34. The fourth-order valence-corrected chi connectivity index (χ4v) is 4.45. The molecule has 2 aliphatic heterocycles. The number of rotatable bonds is 4. The molecule has 104 valence electrons. The Kier molecular flexibility index (Phi) is 3.56. The maximum absolute atomic E-state index is 10.7. The Balaban J connectivity index is 1.70. The van der Waals surface area contributed by atoms with Gasteiger partial charge in [0.15, 0.2) is 0 Å². The van der Waals surface area contributed by atoms with Crippen LogP contribution in [0.25, 0.3) is 0 Å². The van der Waals surface area contributed by atoms with Crippen LogP contribution in [0.3, 0.4) is 0 Å². The first kappa shape index (κ1) is 13.0. The van der Waals surface area contributed by atoms with Gasteiger partial charge in [-0.25, -0.2) is 0 Å². The van der Waals surface area contributed by atoms with Gasteiger partial charge in [0, 0.05) is 30.1 Å². The van der Waals surface area contributed by atoms with Gasteiger partial charge in [0.1, 0.15) is 0 Å². The molecular weight excluding hydrogens is 262 g/mol. The van der Waals surface area contributed by atoms with E-state index in [0.29, 0.717) is 6.04 Å². The van der Waals surface area contributed by atoms with Crippen molar-refractivity contribution in [2.45, 2.75) is 25.9 Å². The van der Waals surface area contributed by atoms with Crippen molar-refractivity contribution in [2.24, 2.45) is 11.8 Å². The molecule has 3 atom stereocenters. The molecule has 3 rings (SSSR count). The number of nitrogens with zero attached hydrogens (tertiary/aromatic N) is 2. The second-order valence-electron chi connectivity index (χ2n) is 5.48. The van der Waals surface area contributed by atoms with Gasteiger partial charge >= 0.3 is 5.00 Å². The van der Waals surface area contributed by atoms with E-state index >= 15 is 0 Å². The minimum atomic E-state index is -0.298. The van der Waals surface area contributed by atoms with Gasteiger partial charge in [-0.3, -0.25) is 15.0 Å². The van der Waals surface area contributed by atoms with Crippen LogP contribution in [-0.2, 0) is 6.54 Å². The van der Waals surface area contributed by atoms with Crippen molar-refractivity contribution < 1.29 is 4.92 Å². The number of hydrogen-bond acceptors (Lipinski definition) is 5. The SMILES string of the molecule is CCC1C2CNCC2CN1Cc1ccc([N+](=O)[O-])s1. The lowest BCUT2D eigenvalue weighted by Gasteiger charge is -2.26. The third kappa shape index (κ3) is 2.40. The van der Waals surface area contributed by atoms with Crippen molar-refractivity contribution in [3.05, 3.63) is 27.1 Å². The van der Waals surface area contributed by atoms with Crippen LogP contribution in [-0.4, -0.2) is 35.5 Å². The molecule has 0 saturated carbocycles. The molecule has 6 heteroatoms. The first-order valence-corrected chi connectivity index (χ1v) is 7.68. The van der Waals surface area contributed by atoms with Gasteiger partial charge in [-0.05, 0) is 37.4 Å². The average Bonchev–Trinajstić information content (AvgIpc) is 3.04. The molecule has 2 aliphatic rings. The van der Waals surface area contributed by atoms with E-state index in [0.717, 1.165) is 49.3 Å². The normalized spacial score (nSPS) is 30.7. The summed E-state index contributed by atoms with van der Waals surface area (Å²) in [7, 11) is 0. The van der Waals surface area contributed by atoms with Crippen molar-refractivity contribution in [1.82, 2.24) is 10.2 Å². The molecule has 19 heavy (non-hydrogen) atoms. The lowest BCUT2D eigenvalue weighted by atomic mass is 9.93. The molecule has 2 saturated heterocycles. The van der Waals surface area contributed by atoms with Crippen LogP contribution in [0.4, 0.5) is 5.00 Å². The average molecular weight is 281 g/mol. The van der Waals surface area contributed by atoms with E-state index in [2.05, 4.69) is 17.1 Å². The molecule has 0 aliphatic carbocycles. The number of thiophene rings is 1. The van der Waals surface area contributed by atoms with Crippen LogP contribution in [0.1, 0.15) is 18.2 Å². The Hall–Kier alpha value is -0.980. The summed E-state index contributed by atoms with van der Waals surface area (Å²) >= 11 is 1.31. The van der Waals surface area contributed by atoms with Crippen LogP contribution in [0, 0.1) is 22.0 Å². The maximum Gasteiger partial charge on any atom is 0.324 e. The second kappa shape index (κ2) is 5.19. The molecular formula is C13H19N3O2S. The third-order valence-electron chi connectivity index (χ3n) is 4.43. The third-order valence-corrected chi connectivity index (χ3v) is 5.45. The summed E-state index contributed by atoms with van der Waals surface area (Å²) in [6.45, 7) is 6.49. The molecule has 0 radical (unpaired) electrons. The minimum absolute atomic E-state index is 0.254. The predicted molar refractivity (Wildman–Crippen MR) is 75.3 cm³/mol. The first-order valence-electron chi connectivity index (χ1n) is 6.87. The van der Waals surface area contributed by atoms with Crippen LogP contribution >= 0.6 is 11.3 Å². The summed E-state index contributed by atoms with van der Waals surface area (Å²) in [5, 5.41) is 14.5. The van der Waals surface area contributed by atoms with E-state index < -0.39 is 0 Å². The first-order chi connectivity index (χ1) is 9.19. The fourth-order valence-electron chi connectivity index (χ4n) is 3.60. The highest BCUT2D eigenvalue weighted by Crippen LogP contribution is 2.36. The van der Waals surface area contributed by atoms with E-state index in [1.807, 2.05) is 6.07 Å². The van der Waals surface area contributed by atoms with Gasteiger partial charge in [-0.2, -0.15) is 0 Å². The monoisotopic (exact) mass is 281 g/mol. The van der Waals surface area contributed by atoms with Gasteiger partial charge in [-0.15, -0.1) is 0 Å². The van der Waals surface area contributed by atoms with Crippen LogP contribution < -0.4 is 5.32 Å². The molecule has 1 N–H and O–H groups in total. The van der Waals surface area contributed by atoms with Gasteiger partial charge in [-0.1, -0.05) is 18.3 Å². The summed E-state index contributed by atoms with van der Waals surface area (Å²) in [5.74, 6) is 1.53. The van der Waals surface area contributed by atoms with E-state index in [9.17, 15) is 10.1 Å². The zero-order valence-electron chi connectivity index (χ0n) is 11.0. The number of hydrogen-bond donors (Lipinski definition) is 1. The van der Waals surface area contributed by atoms with Crippen molar-refractivity contribution in [3.8, 4) is 0 Å². The topological polar surface area (TPSA) is 58.4 Å². The smallest absolute Gasteiger partial charge is 0.316 e. The highest BCUT2D eigenvalue weighted by atomic mass is 32.1. The molecule has 0 aromatic carbocycles. The number of nitrogens with one attached hydrogen (secondary N) is 1. The molecule has 0 bridgehead atoms. The van der Waals surface area contributed by atoms with Crippen molar-refractivity contribution in [1.29, 1.82) is 0 Å². The Labute approximate surface area is 116 Å². The fraction of sp³-hybridized carbons (Fsp3) is 0.692. The van der Waals surface area contributed by atoms with Crippen molar-refractivity contribution >= 4 is 16.3 Å². The van der Waals surface area contributed by atoms with E-state index in [1.165, 1.54) is 11.3 Å². The largest absolute Gasteiger partial charge is 0.324 e. The zero-order chi connectivity index (χ0) is 13.4. The van der Waals surface area contributed by atoms with Crippen LogP contribution in [0.5, 0.6) is 0 Å². The second-order valence-corrected chi connectivity index (χ2v) is 6.63. The van der Waals surface area contributed by atoms with Gasteiger partial charge in [0.2, 0.25) is 0 Å². The van der Waals surface area contributed by atoms with E-state index in [1.54, 1.807) is 6.07 Å². The summed E-state index contributed by atoms with van der Waals surface area (Å²) in [6, 6.07) is 4.16. The highest BCUT2D eigenvalue weighted by Gasteiger charge is 2.42. The molecule has 0 amide bonds. The molecule has 3 unspecified atom stereocenters. The molecule has 1 aromatic rings. The Morgan fingerprint density at radius 3 is 3.05 bits per heavy atom. The van der Waals surface area contributed by atoms with Gasteiger partial charge < -0.3 is 5.32 Å². The number of likely N-dealkylation sites (tertiary alicyclic amines) is 1. The van der Waals surface area contributed by atoms with Gasteiger partial charge in [0.25, 0.3) is 0 Å². The summed E-state index contributed by atoms with van der Waals surface area (Å²) in [6.07, 6.45) is 1.16. The minimum Gasteiger partial charge on any atom is -0.316 e. The summed E-state index contributed by atoms with van der Waals surface area (Å²) < 4.78 is 0. The highest BCUT2D eigenvalue weighted by molar-refractivity contribution is 7.15. The van der Waals surface area contributed by atoms with E-state index in [4.69, 9.17) is 0 Å². The quantitative estimate of drug-likeness (QED) is 0.678. The molecule has 5 nitrogen and oxygen atoms in total. The maximum atomic E-state index is 10.7. The number of fused-ring (bicyclic) bond motifs is 1. The summed E-state index contributed by atoms with van der Waals surface area (Å²) in [4.78, 5) is 14.1. The molecule has 0 spiro atoms. The molecule has 3 heterocycles. The standard InChI is InChI=1S/C13H19N3O2S/c1-2-12-11-6-14-5-9(11)7-15(12)8-10-3-4-13(19-10)16(17)18/h3-4,9,11-12,14H,2,5-8H2,1H3. The number of nitro groups is 1. The van der Waals surface area contributed by atoms with Crippen molar-refractivity contribution in [3.63, 3.8) is 0 Å². The summed E-state index contributed by atoms with van der Waals surface area (Å²) in [5.41, 5.74) is 0. The predicted octanol–water partition coefficient (Wildman–Crippen LogP) is 2.09. The Morgan fingerprint density at radius 2 is 2.37 bits per heavy atom. The molecule has 1 aromatic heterocycles. The van der Waals surface area contributed by atoms with Gasteiger partial charge in [0.05, 0.1) is 4.92 Å². The van der Waals surface area contributed by atoms with E-state index in [-0.39, 0.29) is 9.92 Å². The van der Waals surface area contributed by atoms with Crippen LogP contribution in [0.2, 0.25) is 0 Å². The Bertz CT molecular complexity index is 476. The Morgan fingerprint density at radius 1 is 1.53 bits per heavy atom. The lowest BCUT2D eigenvalue weighted by molar-refractivity contribution is -0.380. The van der Waals surface area contributed by atoms with Crippen molar-refractivity contribution in [2.75, 3.05) is 19.6 Å². The van der Waals surface area contributed by atoms with Crippen LogP contribution in [0.15, 0.2) is 12.1 Å². The zero-order valence-corrected chi connectivity index (χ0v) is 11.9.